The summed E-state index contributed by atoms with van der Waals surface area (Å²) in [6.45, 7) is 5.19. The van der Waals surface area contributed by atoms with Crippen LogP contribution in [0, 0.1) is 0 Å². The van der Waals surface area contributed by atoms with Crippen LogP contribution in [0.15, 0.2) is 70.0 Å². The summed E-state index contributed by atoms with van der Waals surface area (Å²) in [5, 5.41) is 3.82. The monoisotopic (exact) mass is 648 g/mol. The molecule has 2 N–H and O–H groups in total. The topological polar surface area (TPSA) is 104 Å². The van der Waals surface area contributed by atoms with E-state index in [1.807, 2.05) is 42.5 Å². The molecule has 7 rings (SSSR count). The van der Waals surface area contributed by atoms with E-state index >= 15 is 0 Å². The number of aromatic amines is 1. The maximum Gasteiger partial charge on any atom is 0.264 e. The summed E-state index contributed by atoms with van der Waals surface area (Å²) in [6.07, 6.45) is 2.41. The number of nitrogens with zero attached hydrogens (tertiary/aromatic N) is 2. The fraction of sp³-hybridized carbons (Fsp3) is 0.258. The van der Waals surface area contributed by atoms with E-state index < -0.39 is 10.0 Å². The largest absolute Gasteiger partial charge is 0.492 e. The molecule has 0 radical (unpaired) electrons. The predicted octanol–water partition coefficient (Wildman–Crippen LogP) is 4.89. The number of halogens is 1. The molecule has 0 atom stereocenters. The lowest BCUT2D eigenvalue weighted by Gasteiger charge is -2.26. The van der Waals surface area contributed by atoms with Crippen LogP contribution in [0.25, 0.3) is 22.6 Å². The number of amides is 1. The second kappa shape index (κ2) is 10.9. The van der Waals surface area contributed by atoms with Crippen LogP contribution in [-0.4, -0.2) is 70.2 Å². The molecule has 4 aromatic rings. The van der Waals surface area contributed by atoms with Gasteiger partial charge >= 0.3 is 0 Å². The van der Waals surface area contributed by atoms with E-state index in [0.717, 1.165) is 65.2 Å². The van der Waals surface area contributed by atoms with E-state index in [4.69, 9.17) is 9.47 Å². The third-order valence-corrected chi connectivity index (χ3v) is 10.3. The van der Waals surface area contributed by atoms with Gasteiger partial charge in [-0.1, -0.05) is 15.9 Å². The Morgan fingerprint density at radius 1 is 1.00 bits per heavy atom. The highest BCUT2D eigenvalue weighted by molar-refractivity contribution is 9.10. The van der Waals surface area contributed by atoms with Crippen molar-refractivity contribution in [2.75, 3.05) is 55.6 Å². The highest BCUT2D eigenvalue weighted by atomic mass is 79.9. The molecule has 9 nitrogen and oxygen atoms in total. The predicted molar refractivity (Wildman–Crippen MR) is 166 cm³/mol. The van der Waals surface area contributed by atoms with E-state index in [1.165, 1.54) is 4.31 Å². The summed E-state index contributed by atoms with van der Waals surface area (Å²) < 4.78 is 41.2. The molecule has 1 fully saturated rings. The molecular formula is C31H29BrN4O5S. The molecule has 0 bridgehead atoms. The molecule has 11 heteroatoms. The third kappa shape index (κ3) is 5.11. The number of H-pyrrole nitrogens is 1. The first kappa shape index (κ1) is 27.2. The fourth-order valence-electron chi connectivity index (χ4n) is 5.76. The van der Waals surface area contributed by atoms with Gasteiger partial charge in [-0.05, 0) is 78.7 Å². The Bertz CT molecular complexity index is 1850. The van der Waals surface area contributed by atoms with Gasteiger partial charge < -0.3 is 19.8 Å². The maximum atomic E-state index is 13.7. The first-order valence-electron chi connectivity index (χ1n) is 13.9. The van der Waals surface area contributed by atoms with E-state index in [0.29, 0.717) is 42.1 Å². The first-order valence-corrected chi connectivity index (χ1v) is 16.1. The number of morpholine rings is 1. The van der Waals surface area contributed by atoms with Crippen molar-refractivity contribution in [3.05, 3.63) is 82.0 Å². The molecule has 0 saturated carbocycles. The van der Waals surface area contributed by atoms with Gasteiger partial charge in [0.15, 0.2) is 0 Å². The van der Waals surface area contributed by atoms with Crippen LogP contribution in [0.3, 0.4) is 0 Å². The van der Waals surface area contributed by atoms with Crippen molar-refractivity contribution in [3.8, 4) is 5.75 Å². The summed E-state index contributed by atoms with van der Waals surface area (Å²) in [7, 11) is -3.82. The number of hydrogen-bond acceptors (Lipinski definition) is 6. The van der Waals surface area contributed by atoms with Crippen LogP contribution in [0.1, 0.15) is 16.8 Å². The van der Waals surface area contributed by atoms with Gasteiger partial charge in [-0.25, -0.2) is 8.42 Å². The zero-order valence-corrected chi connectivity index (χ0v) is 25.1. The van der Waals surface area contributed by atoms with Gasteiger partial charge in [0, 0.05) is 58.5 Å². The quantitative estimate of drug-likeness (QED) is 0.277. The van der Waals surface area contributed by atoms with Crippen molar-refractivity contribution in [3.63, 3.8) is 0 Å². The number of aromatic nitrogens is 1. The number of ether oxygens (including phenoxy) is 2. The number of hydrogen-bond donors (Lipinski definition) is 2. The van der Waals surface area contributed by atoms with Gasteiger partial charge in [0.05, 0.1) is 29.4 Å². The normalized spacial score (nSPS) is 18.0. The number of fused-ring (bicyclic) bond motifs is 3. The number of nitrogens with one attached hydrogen (secondary N) is 2. The average Bonchev–Trinajstić information content (AvgIpc) is 3.68. The van der Waals surface area contributed by atoms with Crippen molar-refractivity contribution in [2.24, 2.45) is 0 Å². The van der Waals surface area contributed by atoms with Gasteiger partial charge in [-0.2, -0.15) is 0 Å². The number of carbonyl (C=O) groups is 1. The van der Waals surface area contributed by atoms with Gasteiger partial charge in [-0.3, -0.25) is 14.0 Å². The number of carbonyl (C=O) groups excluding carboxylic acids is 1. The smallest absolute Gasteiger partial charge is 0.264 e. The van der Waals surface area contributed by atoms with Crippen molar-refractivity contribution in [1.82, 2.24) is 9.88 Å². The Morgan fingerprint density at radius 3 is 2.71 bits per heavy atom. The lowest BCUT2D eigenvalue weighted by Crippen LogP contribution is -2.38. The molecule has 1 aromatic heterocycles. The van der Waals surface area contributed by atoms with Gasteiger partial charge in [-0.15, -0.1) is 0 Å². The minimum Gasteiger partial charge on any atom is -0.492 e. The minimum absolute atomic E-state index is 0.148. The highest BCUT2D eigenvalue weighted by Crippen LogP contribution is 2.39. The molecule has 3 aliphatic heterocycles. The second-order valence-corrected chi connectivity index (χ2v) is 13.4. The van der Waals surface area contributed by atoms with Crippen LogP contribution in [0.4, 0.5) is 11.4 Å². The second-order valence-electron chi connectivity index (χ2n) is 10.6. The summed E-state index contributed by atoms with van der Waals surface area (Å²) in [5.74, 6) is 0.505. The lowest BCUT2D eigenvalue weighted by molar-refractivity contribution is -0.110. The van der Waals surface area contributed by atoms with Crippen molar-refractivity contribution < 1.29 is 22.7 Å². The Kier molecular flexibility index (Phi) is 7.05. The molecule has 3 aliphatic rings. The highest BCUT2D eigenvalue weighted by Gasteiger charge is 2.33. The average molecular weight is 650 g/mol. The van der Waals surface area contributed by atoms with Crippen molar-refractivity contribution >= 4 is 65.8 Å². The maximum absolute atomic E-state index is 13.7. The number of anilines is 2. The Labute approximate surface area is 252 Å². The molecule has 3 aromatic carbocycles. The van der Waals surface area contributed by atoms with Crippen LogP contribution in [0.2, 0.25) is 0 Å². The lowest BCUT2D eigenvalue weighted by atomic mass is 10.1. The molecule has 0 aliphatic carbocycles. The SMILES string of the molecule is O=C1Nc2ccc(S(=O)(=O)N3CCc4cc(Br)ccc43)cc2/C1=C\c1cc2cc(OCCN3CCOCC3)ccc2[nH]1. The van der Waals surface area contributed by atoms with Crippen LogP contribution < -0.4 is 14.4 Å². The molecular weight excluding hydrogens is 620 g/mol. The minimum atomic E-state index is -3.82. The van der Waals surface area contributed by atoms with E-state index in [9.17, 15) is 13.2 Å². The number of sulfonamides is 1. The molecule has 1 amide bonds. The van der Waals surface area contributed by atoms with E-state index in [-0.39, 0.29) is 10.8 Å². The molecule has 0 spiro atoms. The van der Waals surface area contributed by atoms with Gasteiger partial charge in [0.25, 0.3) is 15.9 Å². The molecule has 0 unspecified atom stereocenters. The summed E-state index contributed by atoms with van der Waals surface area (Å²) in [6, 6.07) is 18.3. The summed E-state index contributed by atoms with van der Waals surface area (Å²) in [4.78, 5) is 18.8. The molecule has 216 valence electrons. The molecule has 1 saturated heterocycles. The standard InChI is InChI=1S/C31H29BrN4O5S/c32-22-1-6-30-20(15-22)7-8-36(30)42(38,39)25-3-5-29-26(19-25)27(31(37)34-29)18-23-16-21-17-24(2-4-28(21)33-23)41-14-11-35-9-12-40-13-10-35/h1-6,15-19,33H,7-14H2,(H,34,37)/b27-18+. The Balaban J connectivity index is 1.13. The Morgan fingerprint density at radius 2 is 1.86 bits per heavy atom. The summed E-state index contributed by atoms with van der Waals surface area (Å²) in [5.41, 5.74) is 4.87. The number of rotatable bonds is 7. The number of benzene rings is 3. The summed E-state index contributed by atoms with van der Waals surface area (Å²) >= 11 is 3.46. The van der Waals surface area contributed by atoms with Crippen LogP contribution in [0.5, 0.6) is 5.75 Å². The van der Waals surface area contributed by atoms with Crippen molar-refractivity contribution in [2.45, 2.75) is 11.3 Å². The zero-order chi connectivity index (χ0) is 28.8. The first-order chi connectivity index (χ1) is 20.3. The Hall–Kier alpha value is -3.64. The molecule has 42 heavy (non-hydrogen) atoms. The third-order valence-electron chi connectivity index (χ3n) is 7.95. The van der Waals surface area contributed by atoms with Gasteiger partial charge in [0.1, 0.15) is 12.4 Å². The van der Waals surface area contributed by atoms with Crippen LogP contribution >= 0.6 is 15.9 Å². The molecule has 4 heterocycles. The van der Waals surface area contributed by atoms with Gasteiger partial charge in [0.2, 0.25) is 0 Å². The van der Waals surface area contributed by atoms with Crippen molar-refractivity contribution in [1.29, 1.82) is 0 Å². The van der Waals surface area contributed by atoms with Crippen LogP contribution in [-0.2, 0) is 26.0 Å². The fourth-order valence-corrected chi connectivity index (χ4v) is 7.70. The zero-order valence-electron chi connectivity index (χ0n) is 22.7. The van der Waals surface area contributed by atoms with E-state index in [1.54, 1.807) is 24.3 Å². The van der Waals surface area contributed by atoms with E-state index in [2.05, 4.69) is 31.1 Å².